The minimum absolute atomic E-state index is 0.0996. The summed E-state index contributed by atoms with van der Waals surface area (Å²) < 4.78 is 7.11. The third kappa shape index (κ3) is 4.23. The molecule has 0 aliphatic heterocycles. The van der Waals surface area contributed by atoms with Crippen molar-refractivity contribution in [3.63, 3.8) is 0 Å². The molecule has 0 bridgehead atoms. The lowest BCUT2D eigenvalue weighted by Gasteiger charge is -2.14. The highest BCUT2D eigenvalue weighted by atomic mass is 32.1. The van der Waals surface area contributed by atoms with Crippen LogP contribution in [0.15, 0.2) is 65.0 Å². The van der Waals surface area contributed by atoms with Crippen molar-refractivity contribution in [2.75, 3.05) is 6.61 Å². The van der Waals surface area contributed by atoms with Crippen LogP contribution in [0.2, 0.25) is 0 Å². The van der Waals surface area contributed by atoms with Crippen molar-refractivity contribution in [1.82, 2.24) is 9.55 Å². The number of ether oxygens (including phenoxy) is 1. The van der Waals surface area contributed by atoms with Crippen molar-refractivity contribution >= 4 is 21.6 Å². The van der Waals surface area contributed by atoms with E-state index < -0.39 is 6.10 Å². The summed E-state index contributed by atoms with van der Waals surface area (Å²) in [5.74, 6) is 0.699. The molecule has 29 heavy (non-hydrogen) atoms. The van der Waals surface area contributed by atoms with E-state index in [1.807, 2.05) is 67.8 Å². The summed E-state index contributed by atoms with van der Waals surface area (Å²) in [5.41, 5.74) is 3.97. The van der Waals surface area contributed by atoms with Crippen LogP contribution in [0.3, 0.4) is 0 Å². The Hall–Kier alpha value is -2.96. The van der Waals surface area contributed by atoms with Crippen LogP contribution in [0.4, 0.5) is 0 Å². The number of aliphatic hydroxyl groups excluding tert-OH is 1. The maximum Gasteiger partial charge on any atom is 0.262 e. The molecule has 0 aliphatic carbocycles. The van der Waals surface area contributed by atoms with Crippen molar-refractivity contribution in [2.24, 2.45) is 0 Å². The lowest BCUT2D eigenvalue weighted by molar-refractivity contribution is 0.0914. The van der Waals surface area contributed by atoms with Gasteiger partial charge in [-0.2, -0.15) is 0 Å². The smallest absolute Gasteiger partial charge is 0.262 e. The molecule has 0 spiro atoms. The predicted molar refractivity (Wildman–Crippen MR) is 117 cm³/mol. The van der Waals surface area contributed by atoms with Gasteiger partial charge in [0.1, 0.15) is 23.3 Å². The van der Waals surface area contributed by atoms with Crippen molar-refractivity contribution in [2.45, 2.75) is 26.5 Å². The first kappa shape index (κ1) is 19.4. The SMILES string of the molecule is Cc1ccc(-c2csc3ncn(C[C@H](O)COc4cccc(C)c4)c(=O)c23)cc1. The topological polar surface area (TPSA) is 64.3 Å². The van der Waals surface area contributed by atoms with E-state index in [1.165, 1.54) is 27.8 Å². The van der Waals surface area contributed by atoms with Crippen molar-refractivity contribution in [1.29, 1.82) is 0 Å². The first-order chi connectivity index (χ1) is 14.0. The average molecular weight is 407 g/mol. The van der Waals surface area contributed by atoms with Gasteiger partial charge in [-0.05, 0) is 37.1 Å². The molecule has 0 amide bonds. The second kappa shape index (κ2) is 8.19. The molecule has 1 N–H and O–H groups in total. The number of thiophene rings is 1. The number of benzene rings is 2. The number of aromatic nitrogens is 2. The van der Waals surface area contributed by atoms with Crippen LogP contribution in [0.1, 0.15) is 11.1 Å². The van der Waals surface area contributed by atoms with Gasteiger partial charge in [0.25, 0.3) is 5.56 Å². The normalized spacial score (nSPS) is 12.2. The number of hydrogen-bond donors (Lipinski definition) is 1. The zero-order chi connectivity index (χ0) is 20.4. The van der Waals surface area contributed by atoms with E-state index in [1.54, 1.807) is 0 Å². The van der Waals surface area contributed by atoms with Crippen LogP contribution < -0.4 is 10.3 Å². The summed E-state index contributed by atoms with van der Waals surface area (Å²) >= 11 is 1.45. The molecular formula is C23H22N2O3S. The van der Waals surface area contributed by atoms with E-state index in [-0.39, 0.29) is 18.7 Å². The molecule has 0 aliphatic rings. The first-order valence-corrected chi connectivity index (χ1v) is 10.3. The van der Waals surface area contributed by atoms with E-state index in [0.717, 1.165) is 16.7 Å². The van der Waals surface area contributed by atoms with Gasteiger partial charge in [0, 0.05) is 10.9 Å². The quantitative estimate of drug-likeness (QED) is 0.522. The molecule has 148 valence electrons. The van der Waals surface area contributed by atoms with Gasteiger partial charge in [-0.15, -0.1) is 11.3 Å². The van der Waals surface area contributed by atoms with E-state index in [9.17, 15) is 9.90 Å². The number of aliphatic hydroxyl groups is 1. The van der Waals surface area contributed by atoms with Crippen LogP contribution in [-0.4, -0.2) is 27.4 Å². The summed E-state index contributed by atoms with van der Waals surface area (Å²) in [4.78, 5) is 18.2. The fourth-order valence-electron chi connectivity index (χ4n) is 3.22. The van der Waals surface area contributed by atoms with Gasteiger partial charge in [-0.3, -0.25) is 9.36 Å². The number of nitrogens with zero attached hydrogens (tertiary/aromatic N) is 2. The highest BCUT2D eigenvalue weighted by Gasteiger charge is 2.15. The Morgan fingerprint density at radius 2 is 1.93 bits per heavy atom. The monoisotopic (exact) mass is 406 g/mol. The molecule has 2 aromatic carbocycles. The Morgan fingerprint density at radius 1 is 1.14 bits per heavy atom. The molecule has 4 aromatic rings. The number of rotatable bonds is 6. The molecule has 0 fully saturated rings. The minimum Gasteiger partial charge on any atom is -0.491 e. The fourth-order valence-corrected chi connectivity index (χ4v) is 4.13. The summed E-state index contributed by atoms with van der Waals surface area (Å²) in [6.07, 6.45) is 0.671. The van der Waals surface area contributed by atoms with Gasteiger partial charge in [0.05, 0.1) is 18.3 Å². The van der Waals surface area contributed by atoms with Crippen LogP contribution in [0.25, 0.3) is 21.3 Å². The first-order valence-electron chi connectivity index (χ1n) is 9.42. The van der Waals surface area contributed by atoms with Crippen LogP contribution in [0, 0.1) is 13.8 Å². The molecule has 1 atom stereocenters. The summed E-state index contributed by atoms with van der Waals surface area (Å²) in [6, 6.07) is 15.7. The molecule has 0 unspecified atom stereocenters. The summed E-state index contributed by atoms with van der Waals surface area (Å²) in [5, 5.41) is 12.9. The van der Waals surface area contributed by atoms with Gasteiger partial charge in [-0.1, -0.05) is 42.0 Å². The van der Waals surface area contributed by atoms with E-state index in [4.69, 9.17) is 4.74 Å². The predicted octanol–water partition coefficient (Wildman–Crippen LogP) is 4.18. The van der Waals surface area contributed by atoms with Gasteiger partial charge in [-0.25, -0.2) is 4.98 Å². The van der Waals surface area contributed by atoms with Crippen molar-refractivity contribution < 1.29 is 9.84 Å². The lowest BCUT2D eigenvalue weighted by Crippen LogP contribution is -2.30. The van der Waals surface area contributed by atoms with E-state index in [2.05, 4.69) is 4.98 Å². The molecule has 2 heterocycles. The number of fused-ring (bicyclic) bond motifs is 1. The molecule has 0 saturated heterocycles. The Morgan fingerprint density at radius 3 is 2.69 bits per heavy atom. The third-order valence-corrected chi connectivity index (χ3v) is 5.65. The number of hydrogen-bond acceptors (Lipinski definition) is 5. The third-order valence-electron chi connectivity index (χ3n) is 4.76. The Balaban J connectivity index is 1.56. The van der Waals surface area contributed by atoms with E-state index in [0.29, 0.717) is 16.0 Å². The van der Waals surface area contributed by atoms with Gasteiger partial charge in [0.2, 0.25) is 0 Å². The zero-order valence-corrected chi connectivity index (χ0v) is 17.1. The van der Waals surface area contributed by atoms with Crippen LogP contribution in [0.5, 0.6) is 5.75 Å². The largest absolute Gasteiger partial charge is 0.491 e. The van der Waals surface area contributed by atoms with Crippen LogP contribution >= 0.6 is 11.3 Å². The summed E-state index contributed by atoms with van der Waals surface area (Å²) in [7, 11) is 0. The van der Waals surface area contributed by atoms with Gasteiger partial charge in [0.15, 0.2) is 0 Å². The molecule has 5 nitrogen and oxygen atoms in total. The highest BCUT2D eigenvalue weighted by Crippen LogP contribution is 2.30. The highest BCUT2D eigenvalue weighted by molar-refractivity contribution is 7.17. The van der Waals surface area contributed by atoms with Gasteiger partial charge < -0.3 is 9.84 Å². The molecular weight excluding hydrogens is 384 g/mol. The number of aryl methyl sites for hydroxylation is 2. The lowest BCUT2D eigenvalue weighted by atomic mass is 10.1. The van der Waals surface area contributed by atoms with E-state index >= 15 is 0 Å². The maximum absolute atomic E-state index is 13.1. The molecule has 0 saturated carbocycles. The zero-order valence-electron chi connectivity index (χ0n) is 16.3. The molecule has 4 rings (SSSR count). The average Bonchev–Trinajstić information content (AvgIpc) is 3.14. The van der Waals surface area contributed by atoms with Crippen LogP contribution in [-0.2, 0) is 6.54 Å². The summed E-state index contributed by atoms with van der Waals surface area (Å²) in [6.45, 7) is 4.24. The minimum atomic E-state index is -0.825. The molecule has 2 aromatic heterocycles. The van der Waals surface area contributed by atoms with Gasteiger partial charge >= 0.3 is 0 Å². The second-order valence-electron chi connectivity index (χ2n) is 7.18. The Kier molecular flexibility index (Phi) is 5.47. The second-order valence-corrected chi connectivity index (χ2v) is 8.04. The fraction of sp³-hybridized carbons (Fsp3) is 0.217. The Labute approximate surface area is 172 Å². The molecule has 0 radical (unpaired) electrons. The van der Waals surface area contributed by atoms with Crippen molar-refractivity contribution in [3.8, 4) is 16.9 Å². The standard InChI is InChI=1S/C23H22N2O3S/c1-15-6-8-17(9-7-15)20-13-29-22-21(20)23(27)25(14-24-22)11-18(26)12-28-19-5-3-4-16(2)10-19/h3-10,13-14,18,26H,11-12H2,1-2H3/t18-/m0/s1. The maximum atomic E-state index is 13.1. The van der Waals surface area contributed by atoms with Crippen molar-refractivity contribution in [3.05, 3.63) is 81.7 Å². The Bertz CT molecular complexity index is 1190. The molecule has 6 heteroatoms.